The third-order valence-corrected chi connectivity index (χ3v) is 6.19. The lowest BCUT2D eigenvalue weighted by Gasteiger charge is -2.22. The van der Waals surface area contributed by atoms with E-state index in [0.29, 0.717) is 35.7 Å². The number of ether oxygens (including phenoxy) is 1. The fourth-order valence-corrected chi connectivity index (χ4v) is 4.42. The lowest BCUT2D eigenvalue weighted by molar-refractivity contribution is -0.116. The van der Waals surface area contributed by atoms with Gasteiger partial charge in [-0.15, -0.1) is 10.2 Å². The quantitative estimate of drug-likeness (QED) is 0.313. The van der Waals surface area contributed by atoms with Gasteiger partial charge >= 0.3 is 0 Å². The number of benzene rings is 2. The smallest absolute Gasteiger partial charge is 0.237 e. The van der Waals surface area contributed by atoms with Crippen LogP contribution in [0.4, 0.5) is 5.69 Å². The number of nitrogens with zero attached hydrogens (tertiary/aromatic N) is 4. The van der Waals surface area contributed by atoms with Gasteiger partial charge in [-0.2, -0.15) is 0 Å². The van der Waals surface area contributed by atoms with Gasteiger partial charge in [0.25, 0.3) is 0 Å². The first kappa shape index (κ1) is 23.3. The maximum atomic E-state index is 13.0. The number of para-hydroxylation sites is 1. The molecule has 3 aromatic rings. The summed E-state index contributed by atoms with van der Waals surface area (Å²) in [7, 11) is 1.68. The average molecular weight is 459 g/mol. The maximum Gasteiger partial charge on any atom is 0.237 e. The number of carbonyl (C=O) groups excluding carboxylic acids is 1. The Hall–Kier alpha value is -2.35. The number of amides is 1. The highest BCUT2D eigenvalue weighted by Gasteiger charge is 2.20. The van der Waals surface area contributed by atoms with Crippen molar-refractivity contribution >= 4 is 35.0 Å². The van der Waals surface area contributed by atoms with Crippen LogP contribution in [0.5, 0.6) is 0 Å². The lowest BCUT2D eigenvalue weighted by Crippen LogP contribution is -2.32. The van der Waals surface area contributed by atoms with E-state index in [4.69, 9.17) is 16.3 Å². The number of hydrogen-bond donors (Lipinski definition) is 0. The lowest BCUT2D eigenvalue weighted by atomic mass is 10.2. The molecule has 0 atom stereocenters. The van der Waals surface area contributed by atoms with Gasteiger partial charge in [-0.05, 0) is 44.0 Å². The summed E-state index contributed by atoms with van der Waals surface area (Å²) in [6.07, 6.45) is 0.803. The maximum absolute atomic E-state index is 13.0. The molecule has 0 N–H and O–H groups in total. The van der Waals surface area contributed by atoms with E-state index in [0.717, 1.165) is 23.2 Å². The van der Waals surface area contributed by atoms with Gasteiger partial charge in [-0.25, -0.2) is 0 Å². The molecule has 0 bridgehead atoms. The molecule has 0 saturated heterocycles. The third kappa shape index (κ3) is 5.67. The predicted octanol–water partition coefficient (Wildman–Crippen LogP) is 5.09. The van der Waals surface area contributed by atoms with Gasteiger partial charge in [-0.3, -0.25) is 4.79 Å². The Bertz CT molecular complexity index is 1020. The van der Waals surface area contributed by atoms with Crippen LogP contribution in [0.3, 0.4) is 0 Å². The molecule has 0 unspecified atom stereocenters. The summed E-state index contributed by atoms with van der Waals surface area (Å²) in [5.74, 6) is 1.00. The van der Waals surface area contributed by atoms with Crippen molar-refractivity contribution in [3.63, 3.8) is 0 Å². The summed E-state index contributed by atoms with van der Waals surface area (Å²) < 4.78 is 7.22. The van der Waals surface area contributed by atoms with Crippen molar-refractivity contribution in [3.05, 3.63) is 59.1 Å². The second kappa shape index (κ2) is 11.3. The molecule has 31 heavy (non-hydrogen) atoms. The third-order valence-electron chi connectivity index (χ3n) is 4.91. The van der Waals surface area contributed by atoms with Crippen LogP contribution in [0.25, 0.3) is 11.4 Å². The van der Waals surface area contributed by atoms with Gasteiger partial charge < -0.3 is 14.2 Å². The molecule has 0 aliphatic rings. The van der Waals surface area contributed by atoms with Crippen molar-refractivity contribution in [3.8, 4) is 11.4 Å². The molecule has 0 aliphatic heterocycles. The van der Waals surface area contributed by atoms with E-state index >= 15 is 0 Å². The van der Waals surface area contributed by atoms with Gasteiger partial charge in [0.05, 0.1) is 10.8 Å². The number of aromatic nitrogens is 3. The topological polar surface area (TPSA) is 60.2 Å². The molecule has 0 spiro atoms. The second-order valence-electron chi connectivity index (χ2n) is 7.00. The first-order valence-electron chi connectivity index (χ1n) is 10.2. The Balaban J connectivity index is 1.81. The molecular weight excluding hydrogens is 432 g/mol. The minimum atomic E-state index is 0.0348. The Morgan fingerprint density at radius 2 is 1.90 bits per heavy atom. The van der Waals surface area contributed by atoms with Crippen molar-refractivity contribution in [2.45, 2.75) is 32.0 Å². The van der Waals surface area contributed by atoms with Crippen molar-refractivity contribution in [2.75, 3.05) is 30.9 Å². The Morgan fingerprint density at radius 3 is 2.61 bits per heavy atom. The van der Waals surface area contributed by atoms with Gasteiger partial charge in [-0.1, -0.05) is 53.7 Å². The summed E-state index contributed by atoms with van der Waals surface area (Å²) in [6.45, 7) is 5.90. The van der Waals surface area contributed by atoms with E-state index in [9.17, 15) is 4.79 Å². The first-order chi connectivity index (χ1) is 15.1. The molecule has 164 valence electrons. The average Bonchev–Trinajstić information content (AvgIpc) is 3.17. The Labute approximate surface area is 192 Å². The zero-order valence-electron chi connectivity index (χ0n) is 18.0. The number of thioether (sulfide) groups is 1. The zero-order valence-corrected chi connectivity index (χ0v) is 19.6. The Kier molecular flexibility index (Phi) is 8.51. The van der Waals surface area contributed by atoms with E-state index in [1.54, 1.807) is 7.11 Å². The summed E-state index contributed by atoms with van der Waals surface area (Å²) in [5.41, 5.74) is 2.84. The summed E-state index contributed by atoms with van der Waals surface area (Å²) in [5, 5.41) is 10.1. The summed E-state index contributed by atoms with van der Waals surface area (Å²) in [6, 6.07) is 15.5. The molecule has 8 heteroatoms. The fraction of sp³-hybridized carbons (Fsp3) is 0.348. The molecule has 0 saturated carbocycles. The normalized spacial score (nSPS) is 11.0. The van der Waals surface area contributed by atoms with E-state index < -0.39 is 0 Å². The molecule has 6 nitrogen and oxygen atoms in total. The van der Waals surface area contributed by atoms with Gasteiger partial charge in [0, 0.05) is 38.1 Å². The minimum absolute atomic E-state index is 0.0348. The van der Waals surface area contributed by atoms with Crippen molar-refractivity contribution in [2.24, 2.45) is 0 Å². The molecule has 0 aliphatic carbocycles. The Morgan fingerprint density at radius 1 is 1.16 bits per heavy atom. The standard InChI is InChI=1S/C23H27ClN4O2S/c1-4-27(20-13-8-5-10-17(20)2)21(29)16-31-23-26-25-22(28(23)14-9-15-30-3)18-11-6-7-12-19(18)24/h5-8,10-13H,4,9,14-16H2,1-3H3. The predicted molar refractivity (Wildman–Crippen MR) is 127 cm³/mol. The van der Waals surface area contributed by atoms with Crippen LogP contribution in [0, 0.1) is 6.92 Å². The van der Waals surface area contributed by atoms with Crippen LogP contribution in [0.15, 0.2) is 53.7 Å². The van der Waals surface area contributed by atoms with Crippen molar-refractivity contribution in [1.29, 1.82) is 0 Å². The molecule has 1 heterocycles. The van der Waals surface area contributed by atoms with Gasteiger partial charge in [0.1, 0.15) is 0 Å². The fourth-order valence-electron chi connectivity index (χ4n) is 3.36. The first-order valence-corrected chi connectivity index (χ1v) is 11.6. The highest BCUT2D eigenvalue weighted by atomic mass is 35.5. The second-order valence-corrected chi connectivity index (χ2v) is 8.35. The minimum Gasteiger partial charge on any atom is -0.385 e. The zero-order chi connectivity index (χ0) is 22.2. The van der Waals surface area contributed by atoms with E-state index in [1.165, 1.54) is 11.8 Å². The molecule has 2 aromatic carbocycles. The highest BCUT2D eigenvalue weighted by molar-refractivity contribution is 7.99. The van der Waals surface area contributed by atoms with E-state index in [2.05, 4.69) is 10.2 Å². The monoisotopic (exact) mass is 458 g/mol. The molecule has 1 amide bonds. The molecule has 3 rings (SSSR count). The van der Waals surface area contributed by atoms with Crippen LogP contribution < -0.4 is 4.90 Å². The number of halogens is 1. The van der Waals surface area contributed by atoms with Crippen LogP contribution in [0.1, 0.15) is 18.9 Å². The summed E-state index contributed by atoms with van der Waals surface area (Å²) >= 11 is 7.79. The van der Waals surface area contributed by atoms with Gasteiger partial charge in [0.2, 0.25) is 5.91 Å². The van der Waals surface area contributed by atoms with Crippen LogP contribution in [-0.2, 0) is 16.1 Å². The van der Waals surface area contributed by atoms with E-state index in [1.807, 2.05) is 71.8 Å². The molecule has 0 fully saturated rings. The molecule has 0 radical (unpaired) electrons. The highest BCUT2D eigenvalue weighted by Crippen LogP contribution is 2.30. The largest absolute Gasteiger partial charge is 0.385 e. The van der Waals surface area contributed by atoms with Crippen LogP contribution in [-0.4, -0.2) is 46.7 Å². The van der Waals surface area contributed by atoms with Crippen LogP contribution in [0.2, 0.25) is 5.02 Å². The SMILES string of the molecule is CCN(C(=O)CSc1nnc(-c2ccccc2Cl)n1CCCOC)c1ccccc1C. The van der Waals surface area contributed by atoms with Crippen LogP contribution >= 0.6 is 23.4 Å². The number of methoxy groups -OCH3 is 1. The van der Waals surface area contributed by atoms with Gasteiger partial charge in [0.15, 0.2) is 11.0 Å². The number of anilines is 1. The molecule has 1 aromatic heterocycles. The van der Waals surface area contributed by atoms with Crippen molar-refractivity contribution < 1.29 is 9.53 Å². The van der Waals surface area contributed by atoms with Crippen molar-refractivity contribution in [1.82, 2.24) is 14.8 Å². The summed E-state index contributed by atoms with van der Waals surface area (Å²) in [4.78, 5) is 14.8. The van der Waals surface area contributed by atoms with E-state index in [-0.39, 0.29) is 11.7 Å². The number of hydrogen-bond acceptors (Lipinski definition) is 5. The number of rotatable bonds is 10. The molecular formula is C23H27ClN4O2S. The number of carbonyl (C=O) groups is 1. The number of aryl methyl sites for hydroxylation is 1.